The van der Waals surface area contributed by atoms with Crippen LogP contribution in [0.4, 0.5) is 8.78 Å². The van der Waals surface area contributed by atoms with Gasteiger partial charge in [0.25, 0.3) is 12.0 Å². The fourth-order valence-electron chi connectivity index (χ4n) is 4.06. The Morgan fingerprint density at radius 1 is 1.15 bits per heavy atom. The molecule has 1 unspecified atom stereocenters. The smallest absolute Gasteiger partial charge is 0.272 e. The van der Waals surface area contributed by atoms with Crippen LogP contribution in [-0.2, 0) is 4.74 Å². The lowest BCUT2D eigenvalue weighted by Crippen LogP contribution is -2.33. The minimum atomic E-state index is -2.69. The maximum atomic E-state index is 13.2. The summed E-state index contributed by atoms with van der Waals surface area (Å²) < 4.78 is 39.3. The third-order valence-electron chi connectivity index (χ3n) is 5.67. The molecule has 1 saturated heterocycles. The molecule has 34 heavy (non-hydrogen) atoms. The van der Waals surface area contributed by atoms with Gasteiger partial charge in [0.2, 0.25) is 5.88 Å². The summed E-state index contributed by atoms with van der Waals surface area (Å²) in [5, 5.41) is 4.55. The van der Waals surface area contributed by atoms with E-state index in [1.165, 1.54) is 23.0 Å². The minimum Gasteiger partial charge on any atom is -0.439 e. The molecule has 1 aliphatic heterocycles. The fraction of sp³-hybridized carbons (Fsp3) is 0.423. The van der Waals surface area contributed by atoms with Gasteiger partial charge in [-0.1, -0.05) is 19.9 Å². The molecule has 0 bridgehead atoms. The Kier molecular flexibility index (Phi) is 8.50. The Bertz CT molecular complexity index is 1190. The first-order valence-corrected chi connectivity index (χ1v) is 11.6. The zero-order valence-corrected chi connectivity index (χ0v) is 20.3. The van der Waals surface area contributed by atoms with Crippen LogP contribution in [0.5, 0.6) is 11.6 Å². The van der Waals surface area contributed by atoms with Crippen molar-refractivity contribution in [2.75, 3.05) is 6.61 Å². The average molecular weight is 472 g/mol. The maximum Gasteiger partial charge on any atom is 0.272 e. The van der Waals surface area contributed by atoms with Crippen molar-refractivity contribution in [1.29, 1.82) is 0 Å². The van der Waals surface area contributed by atoms with E-state index in [4.69, 9.17) is 9.47 Å². The van der Waals surface area contributed by atoms with Crippen LogP contribution in [0.3, 0.4) is 0 Å². The van der Waals surface area contributed by atoms with Gasteiger partial charge in [-0.3, -0.25) is 4.79 Å². The first-order chi connectivity index (χ1) is 16.4. The van der Waals surface area contributed by atoms with Gasteiger partial charge in [-0.2, -0.15) is 5.10 Å². The largest absolute Gasteiger partial charge is 0.439 e. The number of rotatable bonds is 5. The zero-order valence-electron chi connectivity index (χ0n) is 20.3. The van der Waals surface area contributed by atoms with E-state index in [1.54, 1.807) is 19.1 Å². The second kappa shape index (κ2) is 11.3. The number of halogens is 2. The summed E-state index contributed by atoms with van der Waals surface area (Å²) in [6.45, 7) is 10.2. The highest BCUT2D eigenvalue weighted by atomic mass is 19.3. The van der Waals surface area contributed by atoms with E-state index in [9.17, 15) is 13.6 Å². The molecule has 4 rings (SSSR count). The lowest BCUT2D eigenvalue weighted by atomic mass is 9.96. The number of benzene rings is 1. The van der Waals surface area contributed by atoms with Crippen LogP contribution in [0, 0.1) is 20.8 Å². The summed E-state index contributed by atoms with van der Waals surface area (Å²) in [6, 6.07) is 7.97. The second-order valence-corrected chi connectivity index (χ2v) is 7.93. The molecule has 0 aliphatic carbocycles. The van der Waals surface area contributed by atoms with Gasteiger partial charge in [0.15, 0.2) is 6.23 Å². The predicted molar refractivity (Wildman–Crippen MR) is 128 cm³/mol. The average Bonchev–Trinajstić information content (AvgIpc) is 2.85. The molecule has 6 nitrogen and oxygen atoms in total. The maximum absolute atomic E-state index is 13.2. The molecule has 1 fully saturated rings. The Labute approximate surface area is 198 Å². The van der Waals surface area contributed by atoms with E-state index < -0.39 is 6.43 Å². The quantitative estimate of drug-likeness (QED) is 0.415. The normalized spacial score (nSPS) is 15.6. The molecule has 2 aromatic heterocycles. The molecule has 8 heteroatoms. The van der Waals surface area contributed by atoms with Crippen molar-refractivity contribution in [2.45, 2.75) is 66.5 Å². The van der Waals surface area contributed by atoms with Crippen LogP contribution in [-0.4, -0.2) is 21.4 Å². The Morgan fingerprint density at radius 3 is 2.56 bits per heavy atom. The Morgan fingerprint density at radius 2 is 1.91 bits per heavy atom. The second-order valence-electron chi connectivity index (χ2n) is 7.93. The SMILES string of the molecule is CC.Cc1cc(Oc2ncccc2C(F)F)ccc1-c1c(C)nn(C2CCCCO2)c(=O)c1C. The van der Waals surface area contributed by atoms with Crippen LogP contribution in [0.15, 0.2) is 41.3 Å². The lowest BCUT2D eigenvalue weighted by Gasteiger charge is -2.25. The first kappa shape index (κ1) is 25.5. The van der Waals surface area contributed by atoms with E-state index in [2.05, 4.69) is 10.1 Å². The molecule has 1 aromatic carbocycles. The van der Waals surface area contributed by atoms with E-state index >= 15 is 0 Å². The zero-order chi connectivity index (χ0) is 24.8. The lowest BCUT2D eigenvalue weighted by molar-refractivity contribution is -0.0428. The van der Waals surface area contributed by atoms with Gasteiger partial charge in [0.1, 0.15) is 5.75 Å². The predicted octanol–water partition coefficient (Wildman–Crippen LogP) is 6.69. The van der Waals surface area contributed by atoms with Crippen molar-refractivity contribution in [2.24, 2.45) is 0 Å². The van der Waals surface area contributed by atoms with Gasteiger partial charge in [-0.25, -0.2) is 18.4 Å². The summed E-state index contributed by atoms with van der Waals surface area (Å²) in [4.78, 5) is 17.0. The molecule has 3 aromatic rings. The number of ether oxygens (including phenoxy) is 2. The van der Waals surface area contributed by atoms with Gasteiger partial charge < -0.3 is 9.47 Å². The van der Waals surface area contributed by atoms with Crippen LogP contribution in [0.25, 0.3) is 11.1 Å². The molecular weight excluding hydrogens is 440 g/mol. The number of aromatic nitrogens is 3. The summed E-state index contributed by atoms with van der Waals surface area (Å²) >= 11 is 0. The Hall–Kier alpha value is -3.13. The number of alkyl halides is 2. The molecule has 1 atom stereocenters. The monoisotopic (exact) mass is 471 g/mol. The van der Waals surface area contributed by atoms with Crippen molar-refractivity contribution < 1.29 is 18.3 Å². The third-order valence-corrected chi connectivity index (χ3v) is 5.67. The molecule has 182 valence electrons. The van der Waals surface area contributed by atoms with Gasteiger partial charge in [0.05, 0.1) is 11.3 Å². The van der Waals surface area contributed by atoms with Crippen molar-refractivity contribution >= 4 is 0 Å². The summed E-state index contributed by atoms with van der Waals surface area (Å²) in [5.41, 5.74) is 3.30. The molecule has 3 heterocycles. The summed E-state index contributed by atoms with van der Waals surface area (Å²) in [5.74, 6) is 0.262. The van der Waals surface area contributed by atoms with Crippen molar-refractivity contribution in [1.82, 2.24) is 14.8 Å². The summed E-state index contributed by atoms with van der Waals surface area (Å²) in [6.07, 6.45) is 1.16. The number of pyridine rings is 1. The van der Waals surface area contributed by atoms with Crippen molar-refractivity contribution in [3.63, 3.8) is 0 Å². The van der Waals surface area contributed by atoms with Crippen LogP contribution < -0.4 is 10.3 Å². The van der Waals surface area contributed by atoms with Crippen molar-refractivity contribution in [3.8, 4) is 22.8 Å². The van der Waals surface area contributed by atoms with Crippen LogP contribution in [0.1, 0.15) is 68.1 Å². The van der Waals surface area contributed by atoms with Gasteiger partial charge >= 0.3 is 0 Å². The number of hydrogen-bond acceptors (Lipinski definition) is 5. The summed E-state index contributed by atoms with van der Waals surface area (Å²) in [7, 11) is 0. The van der Waals surface area contributed by atoms with Crippen LogP contribution in [0.2, 0.25) is 0 Å². The van der Waals surface area contributed by atoms with E-state index in [1.807, 2.05) is 33.8 Å². The highest BCUT2D eigenvalue weighted by molar-refractivity contribution is 5.72. The Balaban J connectivity index is 0.00000158. The van der Waals surface area contributed by atoms with Crippen LogP contribution >= 0.6 is 0 Å². The van der Waals surface area contributed by atoms with Crippen molar-refractivity contribution in [3.05, 3.63) is 69.3 Å². The molecular formula is C26H31F2N3O3. The highest BCUT2D eigenvalue weighted by Crippen LogP contribution is 2.34. The molecule has 0 saturated carbocycles. The minimum absolute atomic E-state index is 0.126. The van der Waals surface area contributed by atoms with Gasteiger partial charge in [-0.05, 0) is 75.4 Å². The highest BCUT2D eigenvalue weighted by Gasteiger charge is 2.22. The number of aryl methyl sites for hydroxylation is 2. The molecule has 0 radical (unpaired) electrons. The van der Waals surface area contributed by atoms with E-state index in [0.717, 1.165) is 41.6 Å². The van der Waals surface area contributed by atoms with Gasteiger partial charge in [-0.15, -0.1) is 0 Å². The first-order valence-electron chi connectivity index (χ1n) is 11.6. The van der Waals surface area contributed by atoms with Gasteiger partial charge in [0, 0.05) is 23.9 Å². The third kappa shape index (κ3) is 5.33. The number of nitrogens with zero attached hydrogens (tertiary/aromatic N) is 3. The number of hydrogen-bond donors (Lipinski definition) is 0. The fourth-order valence-corrected chi connectivity index (χ4v) is 4.06. The molecule has 0 N–H and O–H groups in total. The molecule has 0 amide bonds. The van der Waals surface area contributed by atoms with E-state index in [0.29, 0.717) is 17.9 Å². The van der Waals surface area contributed by atoms with E-state index in [-0.39, 0.29) is 23.2 Å². The molecule has 0 spiro atoms. The standard InChI is InChI=1S/C24H25F2N3O3.C2H6/c1-14-13-17(32-23-19(22(25)26)7-6-11-27-23)9-10-18(14)21-15(2)24(30)29(28-16(21)3)20-8-4-5-12-31-20;1-2/h6-7,9-11,13,20,22H,4-5,8,12H2,1-3H3;1-2H3. The topological polar surface area (TPSA) is 66.2 Å². The molecule has 1 aliphatic rings.